The third-order valence-corrected chi connectivity index (χ3v) is 17.8. The molecule has 1 unspecified atom stereocenters. The number of aryl methyl sites for hydroxylation is 1. The lowest BCUT2D eigenvalue weighted by Gasteiger charge is -2.37. The monoisotopic (exact) mass is 1500 g/mol. The Balaban J connectivity index is 0.715. The molecule has 5 heterocycles. The average molecular weight is 1500 g/mol. The standard InChI is InChI=1S/C72H85ClN16O18/c1-43(2)62(81-69(99)105-33-31-102-28-26-87-39-50(82-83-87)36-76-68(98)104-32-30-103-29-27-88-58(91)23-24-59(88)92)65(95)80-53(12-9-25-75-67(74)97)64(94)77-48-17-13-45(14-18-48)41-106-70(100)84(6)42-72(4,5)85(7)71(101)107-56-34-55-61(60-44(3)10-8-11-52(56)60)47(35-73)37-89(55)66(96)54-40-86-38-49(19-22-57(86)79-54)78-63(93)46-15-20-51(90)21-16-46/h8,10-11,13-24,34,38-40,43,47,53,62,90H,9,12,25-33,35-37,41-42H2,1-7H3,(H,76,98)(H,77,94)(H,78,93)(H,80,95)(H,81,99)(H3,74,75,97)/t47?,53-,62-/m0/s1. The van der Waals surface area contributed by atoms with E-state index in [1.165, 1.54) is 57.9 Å². The summed E-state index contributed by atoms with van der Waals surface area (Å²) in [6.45, 7) is 9.28. The Morgan fingerprint density at radius 3 is 2.15 bits per heavy atom. The molecule has 3 atom stereocenters. The molecular formula is C72H85ClN16O18. The molecule has 0 saturated heterocycles. The highest BCUT2D eigenvalue weighted by Gasteiger charge is 2.39. The molecule has 12 amide bonds. The van der Waals surface area contributed by atoms with Crippen LogP contribution in [0.25, 0.3) is 16.4 Å². The lowest BCUT2D eigenvalue weighted by atomic mass is 9.92. The predicted molar refractivity (Wildman–Crippen MR) is 388 cm³/mol. The number of ether oxygens (including phenoxy) is 6. The number of carbonyl (C=O) groups is 11. The van der Waals surface area contributed by atoms with Gasteiger partial charge in [0.15, 0.2) is 0 Å². The minimum Gasteiger partial charge on any atom is -0.508 e. The topological polar surface area (TPSA) is 423 Å². The van der Waals surface area contributed by atoms with Gasteiger partial charge < -0.3 is 90.3 Å². The number of halogens is 1. The van der Waals surface area contributed by atoms with Crippen LogP contribution in [0.4, 0.5) is 41.0 Å². The van der Waals surface area contributed by atoms with Crippen LogP contribution in [0, 0.1) is 12.8 Å². The minimum absolute atomic E-state index is 0.0120. The highest BCUT2D eigenvalue weighted by Crippen LogP contribution is 2.47. The fourth-order valence-electron chi connectivity index (χ4n) is 11.6. The third-order valence-electron chi connectivity index (χ3n) is 17.4. The molecule has 107 heavy (non-hydrogen) atoms. The maximum absolute atomic E-state index is 14.6. The van der Waals surface area contributed by atoms with Crippen molar-refractivity contribution in [3.63, 3.8) is 0 Å². The van der Waals surface area contributed by atoms with Crippen molar-refractivity contribution < 1.29 is 86.3 Å². The summed E-state index contributed by atoms with van der Waals surface area (Å²) >= 11 is 6.65. The number of rotatable bonds is 34. The number of fused-ring (bicyclic) bond motifs is 4. The van der Waals surface area contributed by atoms with Crippen LogP contribution in [-0.4, -0.2) is 213 Å². The summed E-state index contributed by atoms with van der Waals surface area (Å²) in [6.07, 6.45) is 4.29. The number of alkyl halides is 1. The quantitative estimate of drug-likeness (QED) is 0.00947. The van der Waals surface area contributed by atoms with Crippen molar-refractivity contribution >= 4 is 111 Å². The van der Waals surface area contributed by atoms with Crippen molar-refractivity contribution in [1.29, 1.82) is 0 Å². The van der Waals surface area contributed by atoms with Gasteiger partial charge in [0.05, 0.1) is 69.2 Å². The number of carbonyl (C=O) groups excluding carboxylic acids is 11. The molecule has 4 aromatic carbocycles. The van der Waals surface area contributed by atoms with Gasteiger partial charge in [-0.05, 0) is 110 Å². The van der Waals surface area contributed by atoms with Crippen LogP contribution in [0.3, 0.4) is 0 Å². The first kappa shape index (κ1) is 79.2. The summed E-state index contributed by atoms with van der Waals surface area (Å²) in [5, 5.41) is 34.9. The Labute approximate surface area is 619 Å². The van der Waals surface area contributed by atoms with E-state index in [-0.39, 0.29) is 127 Å². The second-order valence-corrected chi connectivity index (χ2v) is 26.4. The highest BCUT2D eigenvalue weighted by atomic mass is 35.5. The van der Waals surface area contributed by atoms with Gasteiger partial charge in [-0.15, -0.1) is 16.7 Å². The third kappa shape index (κ3) is 21.4. The number of amides is 12. The number of benzene rings is 4. The Bertz CT molecular complexity index is 4430. The van der Waals surface area contributed by atoms with Gasteiger partial charge in [-0.25, -0.2) is 33.6 Å². The van der Waals surface area contributed by atoms with Crippen LogP contribution in [0.5, 0.6) is 11.5 Å². The van der Waals surface area contributed by atoms with Crippen LogP contribution in [0.15, 0.2) is 116 Å². The molecule has 7 aromatic rings. The number of aromatic nitrogens is 5. The van der Waals surface area contributed by atoms with Gasteiger partial charge in [-0.3, -0.25) is 33.7 Å². The van der Waals surface area contributed by atoms with Crippen molar-refractivity contribution in [1.82, 2.24) is 60.3 Å². The van der Waals surface area contributed by atoms with Crippen molar-refractivity contribution in [3.05, 3.63) is 149 Å². The predicted octanol–water partition coefficient (Wildman–Crippen LogP) is 6.31. The molecule has 3 aromatic heterocycles. The molecule has 9 rings (SSSR count). The van der Waals surface area contributed by atoms with E-state index < -0.39 is 89.4 Å². The number of pyridine rings is 1. The number of hydrogen-bond acceptors (Lipinski definition) is 21. The zero-order chi connectivity index (χ0) is 77.1. The zero-order valence-electron chi connectivity index (χ0n) is 60.0. The van der Waals surface area contributed by atoms with Crippen LogP contribution >= 0.6 is 11.6 Å². The SMILES string of the molecule is Cc1cccc2c(OC(=O)N(C)C(C)(C)CN(C)C(=O)OCc3ccc(NC(=O)[C@H](CCCNC(N)=O)NC(=O)[C@@H](NC(=O)OCCOCCn4cc(CNC(=O)OCCOCCN5C(=O)C=CC5=O)nn4)C(C)C)cc3)cc3c(c12)C(CCl)CN3C(=O)c1cn2cc(NC(=O)c3ccc(O)cc3)ccc2n1. The Morgan fingerprint density at radius 1 is 0.766 bits per heavy atom. The van der Waals surface area contributed by atoms with E-state index in [0.717, 1.165) is 21.4 Å². The number of anilines is 3. The van der Waals surface area contributed by atoms with E-state index in [0.29, 0.717) is 44.9 Å². The Morgan fingerprint density at radius 2 is 1.46 bits per heavy atom. The van der Waals surface area contributed by atoms with Crippen LogP contribution in [0.2, 0.25) is 0 Å². The highest BCUT2D eigenvalue weighted by molar-refractivity contribution is 6.19. The molecule has 0 radical (unpaired) electrons. The number of phenols is 1. The number of urea groups is 1. The summed E-state index contributed by atoms with van der Waals surface area (Å²) in [5.74, 6) is -3.38. The molecule has 0 saturated carbocycles. The fourth-order valence-corrected chi connectivity index (χ4v) is 11.8. The fraction of sp³-hybridized carbons (Fsp3) is 0.389. The van der Waals surface area contributed by atoms with Gasteiger partial charge in [0.25, 0.3) is 23.6 Å². The van der Waals surface area contributed by atoms with E-state index in [4.69, 9.17) is 45.8 Å². The normalized spacial score (nSPS) is 13.7. The van der Waals surface area contributed by atoms with E-state index in [9.17, 15) is 57.8 Å². The number of alkyl carbamates (subject to hydrolysis) is 2. The summed E-state index contributed by atoms with van der Waals surface area (Å²) in [5.41, 5.74) is 8.99. The number of likely N-dealkylation sites (N-methyl/N-ethyl adjacent to an activating group) is 2. The summed E-state index contributed by atoms with van der Waals surface area (Å²) < 4.78 is 36.2. The Kier molecular flexibility index (Phi) is 27.2. The van der Waals surface area contributed by atoms with E-state index >= 15 is 0 Å². The molecule has 0 bridgehead atoms. The second-order valence-electron chi connectivity index (χ2n) is 26.1. The summed E-state index contributed by atoms with van der Waals surface area (Å²) in [4.78, 5) is 153. The number of phenolic OH excluding ortho intramolecular Hbond substituents is 1. The van der Waals surface area contributed by atoms with E-state index in [1.54, 1.807) is 105 Å². The maximum Gasteiger partial charge on any atom is 0.415 e. The first-order valence-corrected chi connectivity index (χ1v) is 34.7. The minimum atomic E-state index is -1.16. The van der Waals surface area contributed by atoms with Crippen molar-refractivity contribution in [3.8, 4) is 11.5 Å². The number of imidazole rings is 1. The van der Waals surface area contributed by atoms with Crippen LogP contribution < -0.4 is 47.3 Å². The van der Waals surface area contributed by atoms with E-state index in [1.807, 2.05) is 25.1 Å². The lowest BCUT2D eigenvalue weighted by molar-refractivity contribution is -0.137. The van der Waals surface area contributed by atoms with Gasteiger partial charge in [-0.1, -0.05) is 49.4 Å². The molecule has 0 aliphatic carbocycles. The van der Waals surface area contributed by atoms with Crippen molar-refractivity contribution in [2.45, 2.75) is 90.7 Å². The molecule has 0 spiro atoms. The first-order chi connectivity index (χ1) is 51.2. The molecule has 568 valence electrons. The van der Waals surface area contributed by atoms with Gasteiger partial charge in [0.2, 0.25) is 11.8 Å². The van der Waals surface area contributed by atoms with Crippen molar-refractivity contribution in [2.24, 2.45) is 11.7 Å². The van der Waals surface area contributed by atoms with Crippen LogP contribution in [-0.2, 0) is 62.6 Å². The largest absolute Gasteiger partial charge is 0.508 e. The Hall–Kier alpha value is -11.9. The molecule has 35 heteroatoms. The van der Waals surface area contributed by atoms with Gasteiger partial charge >= 0.3 is 30.4 Å². The number of aromatic hydroxyl groups is 1. The van der Waals surface area contributed by atoms with Gasteiger partial charge in [0, 0.05) is 92.8 Å². The number of imide groups is 1. The molecular weight excluding hydrogens is 1410 g/mol. The number of nitrogens with zero attached hydrogens (tertiary/aromatic N) is 9. The maximum atomic E-state index is 14.6. The van der Waals surface area contributed by atoms with Crippen LogP contribution in [0.1, 0.15) is 89.7 Å². The average Bonchev–Trinajstić information content (AvgIpc) is 1.62. The summed E-state index contributed by atoms with van der Waals surface area (Å²) in [7, 11) is 3.06. The number of primary amides is 1. The zero-order valence-corrected chi connectivity index (χ0v) is 60.7. The molecule has 0 fully saturated rings. The lowest BCUT2D eigenvalue weighted by Crippen LogP contribution is -2.54. The van der Waals surface area contributed by atoms with Gasteiger partial charge in [-0.2, -0.15) is 0 Å². The summed E-state index contributed by atoms with van der Waals surface area (Å²) in [6, 6.07) is 19.7. The molecule has 2 aliphatic heterocycles. The molecule has 9 N–H and O–H groups in total. The number of nitrogens with one attached hydrogen (secondary N) is 6. The van der Waals surface area contributed by atoms with E-state index in [2.05, 4.69) is 47.2 Å². The first-order valence-electron chi connectivity index (χ1n) is 34.2. The number of hydrogen-bond donors (Lipinski definition) is 8. The smallest absolute Gasteiger partial charge is 0.415 e. The van der Waals surface area contributed by atoms with Gasteiger partial charge in [0.1, 0.15) is 60.4 Å². The van der Waals surface area contributed by atoms with Crippen molar-refractivity contribution in [2.75, 3.05) is 101 Å². The number of nitrogens with two attached hydrogens (primary N) is 1. The second kappa shape index (κ2) is 36.7. The molecule has 2 aliphatic rings. The molecule has 34 nitrogen and oxygen atoms in total.